The topological polar surface area (TPSA) is 30.8 Å². The summed E-state index contributed by atoms with van der Waals surface area (Å²) < 4.78 is 11.7. The van der Waals surface area contributed by atoms with Crippen LogP contribution in [0.4, 0.5) is 0 Å². The molecule has 1 saturated carbocycles. The molecule has 19 heavy (non-hydrogen) atoms. The molecule has 1 aromatic carbocycles. The highest BCUT2D eigenvalue weighted by Gasteiger charge is 2.68. The van der Waals surface area contributed by atoms with Gasteiger partial charge in [0.05, 0.1) is 11.5 Å². The monoisotopic (exact) mass is 259 g/mol. The van der Waals surface area contributed by atoms with Crippen molar-refractivity contribution in [1.82, 2.24) is 0 Å². The molecule has 3 rings (SSSR count). The largest absolute Gasteiger partial charge is 0.478 e. The molecular weight excluding hydrogens is 238 g/mol. The van der Waals surface area contributed by atoms with Gasteiger partial charge < -0.3 is 9.47 Å². The number of rotatable bonds is 3. The van der Waals surface area contributed by atoms with Crippen molar-refractivity contribution in [2.45, 2.75) is 31.9 Å². The van der Waals surface area contributed by atoms with Crippen molar-refractivity contribution in [3.63, 3.8) is 0 Å². The minimum atomic E-state index is -0.263. The third kappa shape index (κ3) is 1.79. The molecule has 0 spiro atoms. The fourth-order valence-electron chi connectivity index (χ4n) is 3.27. The van der Waals surface area contributed by atoms with Gasteiger partial charge in [0.1, 0.15) is 12.2 Å². The van der Waals surface area contributed by atoms with Crippen LogP contribution in [0.5, 0.6) is 0 Å². The number of hydrogen-bond acceptors (Lipinski definition) is 3. The molecule has 3 atom stereocenters. The molecule has 0 N–H and O–H groups in total. The number of methoxy groups -OCH3 is 1. The van der Waals surface area contributed by atoms with Gasteiger partial charge in [0.25, 0.3) is 0 Å². The van der Waals surface area contributed by atoms with Crippen molar-refractivity contribution in [3.8, 4) is 0 Å². The second-order valence-electron chi connectivity index (χ2n) is 6.18. The maximum absolute atomic E-state index is 5.88. The summed E-state index contributed by atoms with van der Waals surface area (Å²) in [4.78, 5) is 4.72. The van der Waals surface area contributed by atoms with E-state index in [-0.39, 0.29) is 17.1 Å². The first-order valence-corrected chi connectivity index (χ1v) is 6.84. The van der Waals surface area contributed by atoms with Crippen LogP contribution in [0, 0.1) is 11.8 Å². The van der Waals surface area contributed by atoms with E-state index in [0.717, 1.165) is 5.90 Å². The van der Waals surface area contributed by atoms with Gasteiger partial charge in [0, 0.05) is 13.0 Å². The fraction of sp³-hybridized carbons (Fsp3) is 0.562. The molecule has 2 aliphatic rings. The van der Waals surface area contributed by atoms with Crippen molar-refractivity contribution >= 4 is 5.90 Å². The van der Waals surface area contributed by atoms with Crippen LogP contribution in [0.15, 0.2) is 35.3 Å². The van der Waals surface area contributed by atoms with Gasteiger partial charge in [0.2, 0.25) is 0 Å². The summed E-state index contributed by atoms with van der Waals surface area (Å²) in [6, 6.07) is 10.4. The Balaban J connectivity index is 1.94. The Kier molecular flexibility index (Phi) is 2.72. The zero-order chi connectivity index (χ0) is 13.7. The Labute approximate surface area is 114 Å². The van der Waals surface area contributed by atoms with Gasteiger partial charge >= 0.3 is 0 Å². The highest BCUT2D eigenvalue weighted by Crippen LogP contribution is 2.61. The first kappa shape index (κ1) is 12.7. The minimum absolute atomic E-state index is 0.103. The van der Waals surface area contributed by atoms with E-state index in [1.165, 1.54) is 5.56 Å². The van der Waals surface area contributed by atoms with Gasteiger partial charge in [-0.2, -0.15) is 0 Å². The molecule has 1 aliphatic heterocycles. The van der Waals surface area contributed by atoms with Gasteiger partial charge in [-0.25, -0.2) is 4.99 Å². The molecule has 3 unspecified atom stereocenters. The summed E-state index contributed by atoms with van der Waals surface area (Å²) >= 11 is 0. The van der Waals surface area contributed by atoms with E-state index in [0.29, 0.717) is 12.5 Å². The zero-order valence-electron chi connectivity index (χ0n) is 12.0. The van der Waals surface area contributed by atoms with Crippen LogP contribution in [-0.2, 0) is 15.1 Å². The lowest BCUT2D eigenvalue weighted by molar-refractivity contribution is 0.0581. The summed E-state index contributed by atoms with van der Waals surface area (Å²) in [6.45, 7) is 7.08. The molecule has 3 heteroatoms. The molecule has 1 aromatic rings. The van der Waals surface area contributed by atoms with Crippen LogP contribution in [0.2, 0.25) is 0 Å². The fourth-order valence-corrected chi connectivity index (χ4v) is 3.27. The summed E-state index contributed by atoms with van der Waals surface area (Å²) in [6.07, 6.45) is 0. The average Bonchev–Trinajstić information content (AvgIpc) is 2.85. The summed E-state index contributed by atoms with van der Waals surface area (Å²) in [5.41, 5.74) is 0.847. The molecule has 0 amide bonds. The Bertz CT molecular complexity index is 509. The maximum atomic E-state index is 5.88. The number of aliphatic imine (C=N–C) groups is 1. The Hall–Kier alpha value is -1.35. The lowest BCUT2D eigenvalue weighted by atomic mass is 10.0. The van der Waals surface area contributed by atoms with Crippen LogP contribution < -0.4 is 0 Å². The van der Waals surface area contributed by atoms with E-state index >= 15 is 0 Å². The second kappa shape index (κ2) is 4.07. The predicted octanol–water partition coefficient (Wildman–Crippen LogP) is 3.00. The lowest BCUT2D eigenvalue weighted by Gasteiger charge is -2.16. The van der Waals surface area contributed by atoms with Crippen molar-refractivity contribution < 1.29 is 9.47 Å². The Morgan fingerprint density at radius 1 is 1.26 bits per heavy atom. The van der Waals surface area contributed by atoms with Crippen LogP contribution in [0.25, 0.3) is 0 Å². The molecule has 3 nitrogen and oxygen atoms in total. The van der Waals surface area contributed by atoms with E-state index in [1.54, 1.807) is 7.11 Å². The van der Waals surface area contributed by atoms with Crippen LogP contribution in [0.3, 0.4) is 0 Å². The van der Waals surface area contributed by atoms with Crippen molar-refractivity contribution in [3.05, 3.63) is 35.9 Å². The van der Waals surface area contributed by atoms with Crippen molar-refractivity contribution in [1.29, 1.82) is 0 Å². The molecular formula is C16H21NO2. The quantitative estimate of drug-likeness (QED) is 0.835. The van der Waals surface area contributed by atoms with Crippen molar-refractivity contribution in [2.24, 2.45) is 16.8 Å². The molecule has 1 fully saturated rings. The number of nitrogens with zero attached hydrogens (tertiary/aromatic N) is 1. The Morgan fingerprint density at radius 2 is 1.95 bits per heavy atom. The lowest BCUT2D eigenvalue weighted by Crippen LogP contribution is -2.18. The van der Waals surface area contributed by atoms with Crippen LogP contribution >= 0.6 is 0 Å². The predicted molar refractivity (Wildman–Crippen MR) is 75.2 cm³/mol. The normalized spacial score (nSPS) is 35.7. The summed E-state index contributed by atoms with van der Waals surface area (Å²) in [7, 11) is 1.78. The van der Waals surface area contributed by atoms with Gasteiger partial charge in [-0.15, -0.1) is 0 Å². The molecule has 1 heterocycles. The Morgan fingerprint density at radius 3 is 2.47 bits per heavy atom. The van der Waals surface area contributed by atoms with Crippen LogP contribution in [0.1, 0.15) is 26.3 Å². The highest BCUT2D eigenvalue weighted by atomic mass is 16.5. The number of benzene rings is 1. The molecule has 1 aliphatic carbocycles. The average molecular weight is 259 g/mol. The molecule has 102 valence electrons. The zero-order valence-corrected chi connectivity index (χ0v) is 12.0. The third-order valence-electron chi connectivity index (χ3n) is 4.34. The SMILES string of the molecule is COC1(c2ccccc2)C(C)C1C1=NC(C)(C)CO1. The van der Waals surface area contributed by atoms with Gasteiger partial charge in [-0.3, -0.25) is 0 Å². The van der Waals surface area contributed by atoms with Gasteiger partial charge in [-0.1, -0.05) is 37.3 Å². The van der Waals surface area contributed by atoms with Gasteiger partial charge in [0.15, 0.2) is 5.90 Å². The van der Waals surface area contributed by atoms with Crippen LogP contribution in [-0.4, -0.2) is 25.2 Å². The standard InChI is InChI=1S/C16H21NO2/c1-11-13(14-17-15(2,3)10-19-14)16(11,18-4)12-8-6-5-7-9-12/h5-9,11,13H,10H2,1-4H3. The first-order valence-electron chi connectivity index (χ1n) is 6.84. The maximum Gasteiger partial charge on any atom is 0.190 e. The number of hydrogen-bond donors (Lipinski definition) is 0. The molecule has 0 radical (unpaired) electrons. The second-order valence-corrected chi connectivity index (χ2v) is 6.18. The molecule has 0 bridgehead atoms. The first-order chi connectivity index (χ1) is 9.01. The van der Waals surface area contributed by atoms with E-state index < -0.39 is 0 Å². The highest BCUT2D eigenvalue weighted by molar-refractivity contribution is 5.86. The van der Waals surface area contributed by atoms with E-state index in [4.69, 9.17) is 14.5 Å². The van der Waals surface area contributed by atoms with E-state index in [2.05, 4.69) is 45.0 Å². The third-order valence-corrected chi connectivity index (χ3v) is 4.34. The molecule has 0 aromatic heterocycles. The van der Waals surface area contributed by atoms with Crippen molar-refractivity contribution in [2.75, 3.05) is 13.7 Å². The van der Waals surface area contributed by atoms with E-state index in [9.17, 15) is 0 Å². The summed E-state index contributed by atoms with van der Waals surface area (Å²) in [5.74, 6) is 1.50. The van der Waals surface area contributed by atoms with Gasteiger partial charge in [-0.05, 0) is 19.4 Å². The molecule has 0 saturated heterocycles. The minimum Gasteiger partial charge on any atom is -0.478 e. The van der Waals surface area contributed by atoms with E-state index in [1.807, 2.05) is 6.07 Å². The smallest absolute Gasteiger partial charge is 0.190 e. The summed E-state index contributed by atoms with van der Waals surface area (Å²) in [5, 5.41) is 0. The number of ether oxygens (including phenoxy) is 2.